The maximum absolute atomic E-state index is 12.4. The molecule has 0 fully saturated rings. The average molecular weight is 513 g/mol. The van der Waals surface area contributed by atoms with Crippen molar-refractivity contribution in [2.24, 2.45) is 4.99 Å². The minimum Gasteiger partial charge on any atom is -0.493 e. The van der Waals surface area contributed by atoms with E-state index in [1.165, 1.54) is 14.0 Å². The minimum absolute atomic E-state index is 0.177. The molecule has 0 amide bonds. The van der Waals surface area contributed by atoms with Crippen LogP contribution in [0, 0.1) is 3.57 Å². The van der Waals surface area contributed by atoms with Crippen LogP contribution in [0.15, 0.2) is 65.3 Å². The Morgan fingerprint density at radius 2 is 1.87 bits per heavy atom. The van der Waals surface area contributed by atoms with E-state index in [1.807, 2.05) is 65.1 Å². The first kappa shape index (κ1) is 20.1. The molecule has 0 atom stereocenters. The van der Waals surface area contributed by atoms with Crippen LogP contribution in [0.2, 0.25) is 0 Å². The van der Waals surface area contributed by atoms with Gasteiger partial charge in [0.2, 0.25) is 5.90 Å². The van der Waals surface area contributed by atoms with Gasteiger partial charge < -0.3 is 14.2 Å². The Labute approximate surface area is 186 Å². The minimum atomic E-state index is -0.531. The Kier molecular flexibility index (Phi) is 5.54. The Bertz CT molecular complexity index is 1250. The fourth-order valence-electron chi connectivity index (χ4n) is 3.08. The molecule has 0 bridgehead atoms. The van der Waals surface area contributed by atoms with Crippen molar-refractivity contribution in [1.82, 2.24) is 0 Å². The van der Waals surface area contributed by atoms with E-state index >= 15 is 0 Å². The van der Waals surface area contributed by atoms with Crippen LogP contribution < -0.4 is 9.47 Å². The molecule has 0 saturated carbocycles. The summed E-state index contributed by atoms with van der Waals surface area (Å²) >= 11 is 2.04. The van der Waals surface area contributed by atoms with Crippen LogP contribution in [0.5, 0.6) is 11.5 Å². The van der Waals surface area contributed by atoms with Crippen molar-refractivity contribution in [3.05, 3.63) is 75.0 Å². The number of halogens is 1. The third kappa shape index (κ3) is 4.06. The first-order chi connectivity index (χ1) is 14.4. The molecule has 30 heavy (non-hydrogen) atoms. The lowest BCUT2D eigenvalue weighted by molar-refractivity contribution is -0.132. The topological polar surface area (TPSA) is 74.2 Å². The quantitative estimate of drug-likeness (QED) is 0.219. The van der Waals surface area contributed by atoms with Gasteiger partial charge in [-0.1, -0.05) is 30.3 Å². The van der Waals surface area contributed by atoms with Gasteiger partial charge in [-0.25, -0.2) is 9.79 Å². The fourth-order valence-corrected chi connectivity index (χ4v) is 3.81. The fraction of sp³-hybridized carbons (Fsp3) is 0.0870. The number of cyclic esters (lactones) is 1. The molecule has 1 heterocycles. The second kappa shape index (κ2) is 8.27. The van der Waals surface area contributed by atoms with Gasteiger partial charge in [-0.3, -0.25) is 4.79 Å². The van der Waals surface area contributed by atoms with Gasteiger partial charge in [-0.15, -0.1) is 0 Å². The zero-order chi connectivity index (χ0) is 21.3. The molecule has 6 nitrogen and oxygen atoms in total. The third-order valence-electron chi connectivity index (χ3n) is 4.42. The summed E-state index contributed by atoms with van der Waals surface area (Å²) in [5, 5.41) is 2.13. The van der Waals surface area contributed by atoms with Gasteiger partial charge >= 0.3 is 11.9 Å². The summed E-state index contributed by atoms with van der Waals surface area (Å²) in [6, 6.07) is 17.1. The van der Waals surface area contributed by atoms with Gasteiger partial charge in [0.15, 0.2) is 17.2 Å². The summed E-state index contributed by atoms with van der Waals surface area (Å²) in [6.07, 6.45) is 1.61. The van der Waals surface area contributed by atoms with Crippen molar-refractivity contribution in [2.45, 2.75) is 6.92 Å². The Balaban J connectivity index is 1.69. The largest absolute Gasteiger partial charge is 0.493 e. The molecule has 4 rings (SSSR count). The van der Waals surface area contributed by atoms with Crippen LogP contribution >= 0.6 is 22.6 Å². The molecule has 0 spiro atoms. The maximum atomic E-state index is 12.4. The lowest BCUT2D eigenvalue weighted by Gasteiger charge is -2.11. The number of ether oxygens (including phenoxy) is 3. The monoisotopic (exact) mass is 513 g/mol. The highest BCUT2D eigenvalue weighted by molar-refractivity contribution is 14.1. The van der Waals surface area contributed by atoms with Gasteiger partial charge in [0.05, 0.1) is 10.7 Å². The standard InChI is InChI=1S/C23H16INO5/c1-13(26)29-21-18(24)9-14(11-20(21)28-2)10-19-23(27)30-22(25-19)17-8-7-15-5-3-4-6-16(15)12-17/h3-12H,1-2H3/b19-10-. The Hall–Kier alpha value is -3.20. The number of carbonyl (C=O) groups is 2. The lowest BCUT2D eigenvalue weighted by Crippen LogP contribution is -2.05. The van der Waals surface area contributed by atoms with Crippen molar-refractivity contribution < 1.29 is 23.8 Å². The number of esters is 2. The number of fused-ring (bicyclic) bond motifs is 1. The molecule has 0 unspecified atom stereocenters. The normalized spacial score (nSPS) is 14.6. The number of rotatable bonds is 4. The molecule has 0 radical (unpaired) electrons. The molecule has 0 N–H and O–H groups in total. The van der Waals surface area contributed by atoms with Crippen LogP contribution in [0.3, 0.4) is 0 Å². The van der Waals surface area contributed by atoms with Crippen molar-refractivity contribution in [2.75, 3.05) is 7.11 Å². The summed E-state index contributed by atoms with van der Waals surface area (Å²) in [6.45, 7) is 1.32. The molecule has 0 aromatic heterocycles. The molecule has 3 aromatic rings. The number of methoxy groups -OCH3 is 1. The summed E-state index contributed by atoms with van der Waals surface area (Å²) in [5.74, 6) is 0.00358. The molecule has 3 aromatic carbocycles. The van der Waals surface area contributed by atoms with Crippen molar-refractivity contribution in [3.8, 4) is 11.5 Å². The van der Waals surface area contributed by atoms with E-state index in [9.17, 15) is 9.59 Å². The van der Waals surface area contributed by atoms with E-state index in [0.717, 1.165) is 16.3 Å². The van der Waals surface area contributed by atoms with E-state index in [0.29, 0.717) is 20.6 Å². The predicted molar refractivity (Wildman–Crippen MR) is 122 cm³/mol. The lowest BCUT2D eigenvalue weighted by atomic mass is 10.1. The SMILES string of the molecule is COc1cc(/C=C2\N=C(c3ccc4ccccc4c3)OC2=O)cc(I)c1OC(C)=O. The van der Waals surface area contributed by atoms with Crippen LogP contribution in [0.25, 0.3) is 16.8 Å². The molecule has 0 aliphatic carbocycles. The highest BCUT2D eigenvalue weighted by Crippen LogP contribution is 2.35. The smallest absolute Gasteiger partial charge is 0.363 e. The van der Waals surface area contributed by atoms with Crippen LogP contribution in [0.4, 0.5) is 0 Å². The Morgan fingerprint density at radius 3 is 2.60 bits per heavy atom. The number of hydrogen-bond donors (Lipinski definition) is 0. The first-order valence-electron chi connectivity index (χ1n) is 9.02. The van der Waals surface area contributed by atoms with Crippen LogP contribution in [-0.4, -0.2) is 24.9 Å². The molecule has 1 aliphatic heterocycles. The summed E-state index contributed by atoms with van der Waals surface area (Å²) in [5.41, 5.74) is 1.57. The van der Waals surface area contributed by atoms with E-state index < -0.39 is 11.9 Å². The number of benzene rings is 3. The molecular formula is C23H16INO5. The molecule has 1 aliphatic rings. The molecule has 0 saturated heterocycles. The molecule has 150 valence electrons. The second-order valence-corrected chi connectivity index (χ2v) is 7.69. The zero-order valence-corrected chi connectivity index (χ0v) is 18.3. The van der Waals surface area contributed by atoms with E-state index in [2.05, 4.69) is 4.99 Å². The van der Waals surface area contributed by atoms with Gasteiger partial charge in [-0.05, 0) is 69.3 Å². The van der Waals surface area contributed by atoms with Crippen molar-refractivity contribution >= 4 is 57.3 Å². The highest BCUT2D eigenvalue weighted by atomic mass is 127. The van der Waals surface area contributed by atoms with Crippen LogP contribution in [0.1, 0.15) is 18.1 Å². The van der Waals surface area contributed by atoms with Gasteiger partial charge in [-0.2, -0.15) is 0 Å². The van der Waals surface area contributed by atoms with E-state index in [-0.39, 0.29) is 11.6 Å². The average Bonchev–Trinajstić information content (AvgIpc) is 3.09. The van der Waals surface area contributed by atoms with E-state index in [1.54, 1.807) is 18.2 Å². The number of aliphatic imine (C=N–C) groups is 1. The first-order valence-corrected chi connectivity index (χ1v) is 10.1. The number of hydrogen-bond acceptors (Lipinski definition) is 6. The van der Waals surface area contributed by atoms with Crippen LogP contribution in [-0.2, 0) is 14.3 Å². The second-order valence-electron chi connectivity index (χ2n) is 6.53. The van der Waals surface area contributed by atoms with Gasteiger partial charge in [0.25, 0.3) is 0 Å². The predicted octanol–water partition coefficient (Wildman–Crippen LogP) is 4.72. The molecule has 7 heteroatoms. The van der Waals surface area contributed by atoms with E-state index in [4.69, 9.17) is 14.2 Å². The van der Waals surface area contributed by atoms with Gasteiger partial charge in [0, 0.05) is 12.5 Å². The summed E-state index contributed by atoms with van der Waals surface area (Å²) in [7, 11) is 1.48. The number of carbonyl (C=O) groups excluding carboxylic acids is 2. The Morgan fingerprint density at radius 1 is 1.10 bits per heavy atom. The molecular weight excluding hydrogens is 497 g/mol. The summed E-state index contributed by atoms with van der Waals surface area (Å²) < 4.78 is 16.6. The third-order valence-corrected chi connectivity index (χ3v) is 5.22. The summed E-state index contributed by atoms with van der Waals surface area (Å²) in [4.78, 5) is 28.1. The number of nitrogens with zero attached hydrogens (tertiary/aromatic N) is 1. The van der Waals surface area contributed by atoms with Crippen molar-refractivity contribution in [3.63, 3.8) is 0 Å². The van der Waals surface area contributed by atoms with Gasteiger partial charge in [0.1, 0.15) is 0 Å². The maximum Gasteiger partial charge on any atom is 0.363 e. The highest BCUT2D eigenvalue weighted by Gasteiger charge is 2.25. The zero-order valence-electron chi connectivity index (χ0n) is 16.1. The van der Waals surface area contributed by atoms with Crippen molar-refractivity contribution in [1.29, 1.82) is 0 Å².